The number of rotatable bonds is 8. The van der Waals surface area contributed by atoms with Gasteiger partial charge >= 0.3 is 0 Å². The van der Waals surface area contributed by atoms with Crippen molar-refractivity contribution in [3.8, 4) is 0 Å². The van der Waals surface area contributed by atoms with Crippen LogP contribution in [0, 0.1) is 11.8 Å². The fourth-order valence-electron chi connectivity index (χ4n) is 2.35. The molecule has 0 aromatic heterocycles. The van der Waals surface area contributed by atoms with Crippen molar-refractivity contribution in [1.82, 2.24) is 10.6 Å². The normalized spacial score (nSPS) is 24.7. The van der Waals surface area contributed by atoms with Gasteiger partial charge in [0.05, 0.1) is 19.1 Å². The van der Waals surface area contributed by atoms with E-state index in [0.717, 1.165) is 25.8 Å². The summed E-state index contributed by atoms with van der Waals surface area (Å²) in [5.74, 6) is 0.795. The minimum absolute atomic E-state index is 0.0342. The summed E-state index contributed by atoms with van der Waals surface area (Å²) in [4.78, 5) is 12.2. The lowest BCUT2D eigenvalue weighted by molar-refractivity contribution is -0.126. The standard InChI is InChI=1S/C15H30N2O2/c1-5-8-16-14-10-19-9-13(14)15(18)17-12(4)7-6-11(2)3/h11-14,16H,5-10H2,1-4H3,(H,17,18). The molecule has 1 heterocycles. The molecule has 1 aliphatic heterocycles. The maximum atomic E-state index is 12.2. The molecule has 1 rings (SSSR count). The molecule has 0 aliphatic carbocycles. The maximum absolute atomic E-state index is 12.2. The van der Waals surface area contributed by atoms with Crippen molar-refractivity contribution < 1.29 is 9.53 Å². The smallest absolute Gasteiger partial charge is 0.227 e. The van der Waals surface area contributed by atoms with Crippen molar-refractivity contribution in [1.29, 1.82) is 0 Å². The fraction of sp³-hybridized carbons (Fsp3) is 0.933. The van der Waals surface area contributed by atoms with Gasteiger partial charge in [-0.3, -0.25) is 4.79 Å². The summed E-state index contributed by atoms with van der Waals surface area (Å²) in [6.45, 7) is 10.8. The van der Waals surface area contributed by atoms with Crippen LogP contribution in [-0.4, -0.2) is 37.7 Å². The zero-order chi connectivity index (χ0) is 14.3. The van der Waals surface area contributed by atoms with Crippen molar-refractivity contribution in [2.45, 2.75) is 59.0 Å². The van der Waals surface area contributed by atoms with Gasteiger partial charge in [0.15, 0.2) is 0 Å². The Bertz CT molecular complexity index is 269. The Hall–Kier alpha value is -0.610. The Labute approximate surface area is 117 Å². The molecule has 112 valence electrons. The molecule has 4 nitrogen and oxygen atoms in total. The number of nitrogens with one attached hydrogen (secondary N) is 2. The number of amides is 1. The Morgan fingerprint density at radius 2 is 2.00 bits per heavy atom. The van der Waals surface area contributed by atoms with Crippen LogP contribution < -0.4 is 10.6 Å². The van der Waals surface area contributed by atoms with E-state index in [1.165, 1.54) is 0 Å². The van der Waals surface area contributed by atoms with Crippen LogP contribution in [0.4, 0.5) is 0 Å². The maximum Gasteiger partial charge on any atom is 0.227 e. The van der Waals surface area contributed by atoms with Crippen molar-refractivity contribution in [2.24, 2.45) is 11.8 Å². The molecule has 0 bridgehead atoms. The van der Waals surface area contributed by atoms with E-state index in [-0.39, 0.29) is 23.9 Å². The van der Waals surface area contributed by atoms with Crippen LogP contribution in [-0.2, 0) is 9.53 Å². The number of carbonyl (C=O) groups is 1. The van der Waals surface area contributed by atoms with E-state index in [2.05, 4.69) is 38.3 Å². The molecule has 19 heavy (non-hydrogen) atoms. The van der Waals surface area contributed by atoms with Crippen molar-refractivity contribution in [3.05, 3.63) is 0 Å². The fourth-order valence-corrected chi connectivity index (χ4v) is 2.35. The van der Waals surface area contributed by atoms with E-state index in [1.807, 2.05) is 0 Å². The highest BCUT2D eigenvalue weighted by atomic mass is 16.5. The van der Waals surface area contributed by atoms with Gasteiger partial charge in [-0.15, -0.1) is 0 Å². The van der Waals surface area contributed by atoms with E-state index in [9.17, 15) is 4.79 Å². The second kappa shape index (κ2) is 8.54. The van der Waals surface area contributed by atoms with E-state index < -0.39 is 0 Å². The molecule has 0 aromatic rings. The van der Waals surface area contributed by atoms with Crippen molar-refractivity contribution in [3.63, 3.8) is 0 Å². The first kappa shape index (κ1) is 16.4. The van der Waals surface area contributed by atoms with Gasteiger partial charge in [-0.1, -0.05) is 20.8 Å². The SMILES string of the molecule is CCCNC1COCC1C(=O)NC(C)CCC(C)C. The first-order chi connectivity index (χ1) is 9.04. The van der Waals surface area contributed by atoms with Crippen LogP contribution in [0.5, 0.6) is 0 Å². The van der Waals surface area contributed by atoms with Gasteiger partial charge in [-0.05, 0) is 38.6 Å². The lowest BCUT2D eigenvalue weighted by atomic mass is 10.0. The van der Waals surface area contributed by atoms with Gasteiger partial charge in [0.1, 0.15) is 0 Å². The molecular formula is C15H30N2O2. The van der Waals surface area contributed by atoms with E-state index >= 15 is 0 Å². The van der Waals surface area contributed by atoms with Crippen LogP contribution >= 0.6 is 0 Å². The van der Waals surface area contributed by atoms with Gasteiger partial charge in [-0.25, -0.2) is 0 Å². The van der Waals surface area contributed by atoms with Crippen molar-refractivity contribution >= 4 is 5.91 Å². The summed E-state index contributed by atoms with van der Waals surface area (Å²) in [7, 11) is 0. The molecule has 0 radical (unpaired) electrons. The minimum atomic E-state index is -0.0342. The highest BCUT2D eigenvalue weighted by Crippen LogP contribution is 2.15. The third-order valence-corrected chi connectivity index (χ3v) is 3.64. The lowest BCUT2D eigenvalue weighted by Crippen LogP contribution is -2.46. The molecule has 0 aromatic carbocycles. The molecule has 4 heteroatoms. The number of ether oxygens (including phenoxy) is 1. The van der Waals surface area contributed by atoms with Gasteiger partial charge in [0.2, 0.25) is 5.91 Å². The predicted octanol–water partition coefficient (Wildman–Crippen LogP) is 1.94. The monoisotopic (exact) mass is 270 g/mol. The van der Waals surface area contributed by atoms with E-state index in [4.69, 9.17) is 4.74 Å². The number of hydrogen-bond donors (Lipinski definition) is 2. The highest BCUT2D eigenvalue weighted by molar-refractivity contribution is 5.80. The Balaban J connectivity index is 2.34. The Kier molecular flexibility index (Phi) is 7.39. The largest absolute Gasteiger partial charge is 0.379 e. The molecule has 0 spiro atoms. The summed E-state index contributed by atoms with van der Waals surface area (Å²) in [5, 5.41) is 6.52. The topological polar surface area (TPSA) is 50.4 Å². The van der Waals surface area contributed by atoms with E-state index in [0.29, 0.717) is 19.1 Å². The van der Waals surface area contributed by atoms with Gasteiger partial charge < -0.3 is 15.4 Å². The van der Waals surface area contributed by atoms with Crippen LogP contribution in [0.3, 0.4) is 0 Å². The molecule has 2 N–H and O–H groups in total. The van der Waals surface area contributed by atoms with Gasteiger partial charge in [0.25, 0.3) is 0 Å². The van der Waals surface area contributed by atoms with Crippen LogP contribution in [0.15, 0.2) is 0 Å². The first-order valence-corrected chi connectivity index (χ1v) is 7.66. The summed E-state index contributed by atoms with van der Waals surface area (Å²) >= 11 is 0. The summed E-state index contributed by atoms with van der Waals surface area (Å²) in [6, 6.07) is 0.430. The van der Waals surface area contributed by atoms with E-state index in [1.54, 1.807) is 0 Å². The molecule has 1 amide bonds. The average molecular weight is 270 g/mol. The number of carbonyl (C=O) groups excluding carboxylic acids is 1. The zero-order valence-corrected chi connectivity index (χ0v) is 12.9. The highest BCUT2D eigenvalue weighted by Gasteiger charge is 2.33. The summed E-state index contributed by atoms with van der Waals surface area (Å²) < 4.78 is 5.44. The molecule has 1 aliphatic rings. The summed E-state index contributed by atoms with van der Waals surface area (Å²) in [6.07, 6.45) is 3.28. The van der Waals surface area contributed by atoms with Gasteiger partial charge in [-0.2, -0.15) is 0 Å². The average Bonchev–Trinajstić information content (AvgIpc) is 2.82. The molecular weight excluding hydrogens is 240 g/mol. The third-order valence-electron chi connectivity index (χ3n) is 3.64. The summed E-state index contributed by atoms with van der Waals surface area (Å²) in [5.41, 5.74) is 0. The quantitative estimate of drug-likeness (QED) is 0.709. The lowest BCUT2D eigenvalue weighted by Gasteiger charge is -2.21. The minimum Gasteiger partial charge on any atom is -0.379 e. The number of hydrogen-bond acceptors (Lipinski definition) is 3. The second-order valence-corrected chi connectivity index (χ2v) is 6.09. The van der Waals surface area contributed by atoms with Gasteiger partial charge in [0, 0.05) is 12.1 Å². The molecule has 0 saturated carbocycles. The third kappa shape index (κ3) is 5.91. The van der Waals surface area contributed by atoms with Crippen LogP contribution in [0.1, 0.15) is 47.0 Å². The second-order valence-electron chi connectivity index (χ2n) is 6.09. The van der Waals surface area contributed by atoms with Crippen LogP contribution in [0.25, 0.3) is 0 Å². The molecule has 3 unspecified atom stereocenters. The zero-order valence-electron chi connectivity index (χ0n) is 12.9. The molecule has 1 saturated heterocycles. The van der Waals surface area contributed by atoms with Crippen LogP contribution in [0.2, 0.25) is 0 Å². The molecule has 3 atom stereocenters. The predicted molar refractivity (Wildman–Crippen MR) is 78.1 cm³/mol. The Morgan fingerprint density at radius 1 is 1.26 bits per heavy atom. The Morgan fingerprint density at radius 3 is 2.63 bits per heavy atom. The van der Waals surface area contributed by atoms with Crippen molar-refractivity contribution in [2.75, 3.05) is 19.8 Å². The first-order valence-electron chi connectivity index (χ1n) is 7.66. The molecule has 1 fully saturated rings.